The van der Waals surface area contributed by atoms with Gasteiger partial charge in [-0.15, -0.1) is 0 Å². The van der Waals surface area contributed by atoms with E-state index in [2.05, 4.69) is 5.32 Å². The van der Waals surface area contributed by atoms with Crippen molar-refractivity contribution < 1.29 is 14.6 Å². The molecule has 0 aliphatic carbocycles. The van der Waals surface area contributed by atoms with E-state index in [1.54, 1.807) is 26.2 Å². The number of amides is 1. The van der Waals surface area contributed by atoms with Gasteiger partial charge < -0.3 is 20.1 Å². The van der Waals surface area contributed by atoms with Crippen LogP contribution >= 0.6 is 0 Å². The molecule has 4 rings (SSSR count). The number of rotatable bonds is 6. The van der Waals surface area contributed by atoms with Crippen LogP contribution in [0.5, 0.6) is 5.75 Å². The highest BCUT2D eigenvalue weighted by molar-refractivity contribution is 6.11. The summed E-state index contributed by atoms with van der Waals surface area (Å²) in [6.45, 7) is 2.19. The highest BCUT2D eigenvalue weighted by atomic mass is 16.5. The molecule has 1 aromatic heterocycles. The average Bonchev–Trinajstić information content (AvgIpc) is 2.75. The Morgan fingerprint density at radius 1 is 1.03 bits per heavy atom. The van der Waals surface area contributed by atoms with E-state index in [0.717, 1.165) is 22.0 Å². The molecule has 0 saturated heterocycles. The van der Waals surface area contributed by atoms with Crippen molar-refractivity contribution in [1.82, 2.24) is 20.2 Å². The Morgan fingerprint density at radius 3 is 2.48 bits per heavy atom. The molecule has 0 spiro atoms. The van der Waals surface area contributed by atoms with Crippen LogP contribution in [0, 0.1) is 0 Å². The van der Waals surface area contributed by atoms with Gasteiger partial charge >= 0.3 is 0 Å². The molecule has 0 bridgehead atoms. The maximum absolute atomic E-state index is 13.1. The highest BCUT2D eigenvalue weighted by Gasteiger charge is 2.21. The fourth-order valence-corrected chi connectivity index (χ4v) is 3.81. The van der Waals surface area contributed by atoms with Gasteiger partial charge in [0.05, 0.1) is 41.4 Å². The standard InChI is InChI=1S/C24H26N4O3/c1-14(29)20(13-28(2)3)26-24(30)17-8-5-9-18-23(17)27-22-16-7-6-10-21(31-4)15(16)11-12-19(22)25-18/h5-12,14,20,29H,13H2,1-4H3,(H,26,30)/t14-,20-/m0/s1. The van der Waals surface area contributed by atoms with Gasteiger partial charge in [-0.2, -0.15) is 0 Å². The molecule has 0 aliphatic rings. The minimum absolute atomic E-state index is 0.287. The van der Waals surface area contributed by atoms with Crippen LogP contribution in [0.1, 0.15) is 17.3 Å². The fraction of sp³-hybridized carbons (Fsp3) is 0.292. The summed E-state index contributed by atoms with van der Waals surface area (Å²) in [5.74, 6) is 0.473. The molecule has 31 heavy (non-hydrogen) atoms. The van der Waals surface area contributed by atoms with E-state index in [-0.39, 0.29) is 5.91 Å². The Morgan fingerprint density at radius 2 is 1.77 bits per heavy atom. The van der Waals surface area contributed by atoms with E-state index >= 15 is 0 Å². The highest BCUT2D eigenvalue weighted by Crippen LogP contribution is 2.31. The number of hydrogen-bond acceptors (Lipinski definition) is 6. The lowest BCUT2D eigenvalue weighted by atomic mass is 10.1. The normalized spacial score (nSPS) is 13.6. The lowest BCUT2D eigenvalue weighted by Gasteiger charge is -2.24. The lowest BCUT2D eigenvalue weighted by molar-refractivity contribution is 0.0828. The topological polar surface area (TPSA) is 87.6 Å². The van der Waals surface area contributed by atoms with Crippen molar-refractivity contribution in [2.24, 2.45) is 0 Å². The first kappa shape index (κ1) is 21.0. The number of aromatic nitrogens is 2. The van der Waals surface area contributed by atoms with Crippen LogP contribution in [0.25, 0.3) is 32.8 Å². The molecule has 0 unspecified atom stereocenters. The first-order chi connectivity index (χ1) is 14.9. The number of likely N-dealkylation sites (N-methyl/N-ethyl adjacent to an activating group) is 1. The molecule has 1 heterocycles. The van der Waals surface area contributed by atoms with Crippen molar-refractivity contribution in [3.63, 3.8) is 0 Å². The SMILES string of the molecule is COc1cccc2c1ccc1nc3cccc(C(=O)N[C@@H](CN(C)C)[C@H](C)O)c3nc12. The van der Waals surface area contributed by atoms with Gasteiger partial charge in [0.2, 0.25) is 0 Å². The molecule has 7 heteroatoms. The first-order valence-electron chi connectivity index (χ1n) is 10.2. The van der Waals surface area contributed by atoms with Gasteiger partial charge in [0.25, 0.3) is 5.91 Å². The Kier molecular flexibility index (Phi) is 5.71. The van der Waals surface area contributed by atoms with Crippen LogP contribution < -0.4 is 10.1 Å². The smallest absolute Gasteiger partial charge is 0.253 e. The summed E-state index contributed by atoms with van der Waals surface area (Å²) < 4.78 is 5.48. The summed E-state index contributed by atoms with van der Waals surface area (Å²) in [4.78, 5) is 24.7. The van der Waals surface area contributed by atoms with Crippen LogP contribution in [-0.4, -0.2) is 65.8 Å². The molecule has 0 fully saturated rings. The number of aliphatic hydroxyl groups is 1. The van der Waals surface area contributed by atoms with E-state index < -0.39 is 12.1 Å². The van der Waals surface area contributed by atoms with Gasteiger partial charge in [-0.1, -0.05) is 18.2 Å². The number of hydrogen-bond donors (Lipinski definition) is 2. The second kappa shape index (κ2) is 8.45. The monoisotopic (exact) mass is 418 g/mol. The maximum atomic E-state index is 13.1. The summed E-state index contributed by atoms with van der Waals surface area (Å²) in [5, 5.41) is 14.9. The van der Waals surface area contributed by atoms with E-state index in [9.17, 15) is 9.90 Å². The minimum Gasteiger partial charge on any atom is -0.496 e. The third kappa shape index (κ3) is 4.02. The maximum Gasteiger partial charge on any atom is 0.253 e. The van der Waals surface area contributed by atoms with Gasteiger partial charge in [0.15, 0.2) is 0 Å². The fourth-order valence-electron chi connectivity index (χ4n) is 3.81. The third-order valence-corrected chi connectivity index (χ3v) is 5.38. The molecule has 0 aliphatic heterocycles. The Hall–Kier alpha value is -3.29. The summed E-state index contributed by atoms with van der Waals surface area (Å²) in [6, 6.07) is 14.7. The van der Waals surface area contributed by atoms with Crippen LogP contribution in [0.15, 0.2) is 48.5 Å². The van der Waals surface area contributed by atoms with Crippen molar-refractivity contribution >= 4 is 38.7 Å². The zero-order chi connectivity index (χ0) is 22.1. The minimum atomic E-state index is -0.690. The average molecular weight is 418 g/mol. The zero-order valence-electron chi connectivity index (χ0n) is 18.1. The summed E-state index contributed by atoms with van der Waals surface area (Å²) in [5.41, 5.74) is 3.06. The molecule has 0 saturated carbocycles. The molecule has 160 valence electrons. The van der Waals surface area contributed by atoms with Gasteiger partial charge in [0, 0.05) is 17.3 Å². The van der Waals surface area contributed by atoms with Crippen LogP contribution in [0.4, 0.5) is 0 Å². The number of benzene rings is 3. The second-order valence-corrected chi connectivity index (χ2v) is 7.97. The van der Waals surface area contributed by atoms with E-state index in [1.165, 1.54) is 0 Å². The molecule has 1 amide bonds. The Bertz CT molecular complexity index is 1270. The lowest BCUT2D eigenvalue weighted by Crippen LogP contribution is -2.48. The number of carbonyl (C=O) groups excluding carboxylic acids is 1. The summed E-state index contributed by atoms with van der Waals surface area (Å²) in [7, 11) is 5.44. The number of aliphatic hydroxyl groups excluding tert-OH is 1. The number of methoxy groups -OCH3 is 1. The number of ether oxygens (including phenoxy) is 1. The molecule has 2 atom stereocenters. The van der Waals surface area contributed by atoms with E-state index in [0.29, 0.717) is 28.7 Å². The number of para-hydroxylation sites is 1. The number of nitrogens with zero attached hydrogens (tertiary/aromatic N) is 3. The predicted octanol–water partition coefficient (Wildman–Crippen LogP) is 2.99. The molecule has 7 nitrogen and oxygen atoms in total. The van der Waals surface area contributed by atoms with Gasteiger partial charge in [-0.25, -0.2) is 9.97 Å². The van der Waals surface area contributed by atoms with Crippen molar-refractivity contribution in [2.75, 3.05) is 27.7 Å². The quantitative estimate of drug-likeness (QED) is 0.370. The number of carbonyl (C=O) groups is 1. The van der Waals surface area contributed by atoms with Gasteiger partial charge in [-0.05, 0) is 51.4 Å². The molecule has 3 aromatic carbocycles. The van der Waals surface area contributed by atoms with Crippen molar-refractivity contribution in [2.45, 2.75) is 19.1 Å². The summed E-state index contributed by atoms with van der Waals surface area (Å²) >= 11 is 0. The van der Waals surface area contributed by atoms with Gasteiger partial charge in [0.1, 0.15) is 11.3 Å². The number of fused-ring (bicyclic) bond motifs is 4. The largest absolute Gasteiger partial charge is 0.496 e. The summed E-state index contributed by atoms with van der Waals surface area (Å²) in [6.07, 6.45) is -0.690. The Labute approximate surface area is 180 Å². The van der Waals surface area contributed by atoms with Crippen LogP contribution in [0.2, 0.25) is 0 Å². The van der Waals surface area contributed by atoms with Crippen molar-refractivity contribution in [1.29, 1.82) is 0 Å². The molecular weight excluding hydrogens is 392 g/mol. The van der Waals surface area contributed by atoms with Crippen LogP contribution in [-0.2, 0) is 0 Å². The molecule has 0 radical (unpaired) electrons. The zero-order valence-corrected chi connectivity index (χ0v) is 18.1. The molecule has 4 aromatic rings. The van der Waals surface area contributed by atoms with Gasteiger partial charge in [-0.3, -0.25) is 4.79 Å². The van der Waals surface area contributed by atoms with E-state index in [4.69, 9.17) is 14.7 Å². The van der Waals surface area contributed by atoms with Crippen molar-refractivity contribution in [3.8, 4) is 5.75 Å². The first-order valence-corrected chi connectivity index (χ1v) is 10.2. The molecule has 2 N–H and O–H groups in total. The number of nitrogens with one attached hydrogen (secondary N) is 1. The van der Waals surface area contributed by atoms with E-state index in [1.807, 2.05) is 55.4 Å². The Balaban J connectivity index is 1.85. The van der Waals surface area contributed by atoms with Crippen molar-refractivity contribution in [3.05, 3.63) is 54.1 Å². The predicted molar refractivity (Wildman–Crippen MR) is 123 cm³/mol. The van der Waals surface area contributed by atoms with Crippen LogP contribution in [0.3, 0.4) is 0 Å². The molecular formula is C24H26N4O3. The third-order valence-electron chi connectivity index (χ3n) is 5.38. The second-order valence-electron chi connectivity index (χ2n) is 7.97.